The maximum absolute atomic E-state index is 12.8. The van der Waals surface area contributed by atoms with Gasteiger partial charge in [-0.1, -0.05) is 9.64 Å². The molecule has 0 aromatic carbocycles. The van der Waals surface area contributed by atoms with Crippen LogP contribution >= 0.6 is 11.5 Å². The number of carbonyl (C=O) groups excluding carboxylic acids is 1. The van der Waals surface area contributed by atoms with Crippen LogP contribution in [0.25, 0.3) is 10.6 Å². The van der Waals surface area contributed by atoms with Crippen LogP contribution in [0.1, 0.15) is 49.5 Å². The van der Waals surface area contributed by atoms with E-state index in [1.54, 1.807) is 6.20 Å². The maximum atomic E-state index is 12.8. The minimum Gasteiger partial charge on any atom is -0.355 e. The fourth-order valence-electron chi connectivity index (χ4n) is 3.55. The zero-order chi connectivity index (χ0) is 18.8. The lowest BCUT2D eigenvalue weighted by molar-refractivity contribution is -0.133. The quantitative estimate of drug-likeness (QED) is 0.669. The maximum Gasteiger partial charge on any atom is 0.224 e. The molecule has 0 radical (unpaired) electrons. The third-order valence-electron chi connectivity index (χ3n) is 4.97. The molecule has 142 valence electrons. The lowest BCUT2D eigenvalue weighted by atomic mass is 9.93. The number of rotatable bonds is 5. The fraction of sp³-hybridized carbons (Fsp3) is 0.500. The number of aryl methyl sites for hydroxylation is 1. The second kappa shape index (κ2) is 7.59. The Morgan fingerprint density at radius 1 is 1.48 bits per heavy atom. The lowest BCUT2D eigenvalue weighted by Crippen LogP contribution is -2.40. The Labute approximate surface area is 161 Å². The molecule has 3 aromatic heterocycles. The second-order valence-electron chi connectivity index (χ2n) is 7.04. The van der Waals surface area contributed by atoms with Gasteiger partial charge in [-0.2, -0.15) is 5.10 Å². The van der Waals surface area contributed by atoms with Gasteiger partial charge in [0.25, 0.3) is 0 Å². The summed E-state index contributed by atoms with van der Waals surface area (Å²) in [6.07, 6.45) is 6.02. The van der Waals surface area contributed by atoms with Crippen LogP contribution < -0.4 is 0 Å². The number of aromatic nitrogens is 5. The summed E-state index contributed by atoms with van der Waals surface area (Å²) in [5, 5.41) is 12.5. The van der Waals surface area contributed by atoms with E-state index in [1.165, 1.54) is 11.5 Å². The predicted molar refractivity (Wildman–Crippen MR) is 100 cm³/mol. The molecular weight excluding hydrogens is 364 g/mol. The Morgan fingerprint density at radius 2 is 2.37 bits per heavy atom. The Morgan fingerprint density at radius 3 is 3.11 bits per heavy atom. The molecule has 0 saturated carbocycles. The normalized spacial score (nSPS) is 18.6. The summed E-state index contributed by atoms with van der Waals surface area (Å²) in [5.41, 5.74) is 1.74. The van der Waals surface area contributed by atoms with Gasteiger partial charge in [0, 0.05) is 43.9 Å². The molecular formula is C18H22N6O2S. The van der Waals surface area contributed by atoms with Gasteiger partial charge in [0.05, 0.1) is 17.4 Å². The number of hydrogen-bond acceptors (Lipinski definition) is 7. The van der Waals surface area contributed by atoms with Gasteiger partial charge >= 0.3 is 0 Å². The smallest absolute Gasteiger partial charge is 0.224 e. The zero-order valence-corrected chi connectivity index (χ0v) is 16.2. The SMILES string of the molecule is Cc1cc(-c2snnc2[C@H]2CCCN(C(=O)C[C@H](C)n3cccn3)C2)on1. The summed E-state index contributed by atoms with van der Waals surface area (Å²) >= 11 is 1.32. The van der Waals surface area contributed by atoms with Crippen molar-refractivity contribution in [1.82, 2.24) is 29.4 Å². The minimum absolute atomic E-state index is 0.0431. The molecule has 1 saturated heterocycles. The number of likely N-dealkylation sites (tertiary alicyclic amines) is 1. The van der Waals surface area contributed by atoms with Gasteiger partial charge < -0.3 is 9.42 Å². The monoisotopic (exact) mass is 386 g/mol. The Hall–Kier alpha value is -2.55. The fourth-order valence-corrected chi connectivity index (χ4v) is 4.25. The van der Waals surface area contributed by atoms with E-state index in [2.05, 4.69) is 19.8 Å². The van der Waals surface area contributed by atoms with Crippen molar-refractivity contribution in [1.29, 1.82) is 0 Å². The van der Waals surface area contributed by atoms with Crippen molar-refractivity contribution in [2.75, 3.05) is 13.1 Å². The van der Waals surface area contributed by atoms with Gasteiger partial charge in [-0.25, -0.2) is 0 Å². The van der Waals surface area contributed by atoms with Crippen molar-refractivity contribution in [3.63, 3.8) is 0 Å². The van der Waals surface area contributed by atoms with Crippen LogP contribution in [0.5, 0.6) is 0 Å². The largest absolute Gasteiger partial charge is 0.355 e. The van der Waals surface area contributed by atoms with E-state index in [9.17, 15) is 4.79 Å². The molecule has 1 amide bonds. The van der Waals surface area contributed by atoms with Crippen molar-refractivity contribution in [3.8, 4) is 10.6 Å². The molecule has 1 aliphatic rings. The molecule has 1 fully saturated rings. The molecule has 4 rings (SSSR count). The van der Waals surface area contributed by atoms with Crippen molar-refractivity contribution >= 4 is 17.4 Å². The van der Waals surface area contributed by atoms with E-state index in [0.29, 0.717) is 18.7 Å². The molecule has 0 N–H and O–H groups in total. The Kier molecular flexibility index (Phi) is 5.02. The third-order valence-corrected chi connectivity index (χ3v) is 5.73. The van der Waals surface area contributed by atoms with Crippen molar-refractivity contribution in [2.45, 2.75) is 45.1 Å². The Balaban J connectivity index is 1.46. The zero-order valence-electron chi connectivity index (χ0n) is 15.4. The van der Waals surface area contributed by atoms with Crippen LogP contribution in [0, 0.1) is 6.92 Å². The molecule has 4 heterocycles. The van der Waals surface area contributed by atoms with Gasteiger partial charge in [-0.05, 0) is 44.3 Å². The van der Waals surface area contributed by atoms with Crippen molar-refractivity contribution in [3.05, 3.63) is 35.9 Å². The lowest BCUT2D eigenvalue weighted by Gasteiger charge is -2.33. The van der Waals surface area contributed by atoms with E-state index in [0.717, 1.165) is 35.7 Å². The standard InChI is InChI=1S/C18H22N6O2S/c1-12-9-15(26-21-12)18-17(20-22-27-18)14-5-3-7-23(11-14)16(25)10-13(2)24-8-4-6-19-24/h4,6,8-9,13-14H,3,5,7,10-11H2,1-2H3/t13-,14-/m0/s1. The highest BCUT2D eigenvalue weighted by atomic mass is 32.1. The van der Waals surface area contributed by atoms with Crippen molar-refractivity contribution < 1.29 is 9.32 Å². The highest BCUT2D eigenvalue weighted by Gasteiger charge is 2.30. The van der Waals surface area contributed by atoms with Crippen LogP contribution in [0.15, 0.2) is 29.0 Å². The van der Waals surface area contributed by atoms with E-state index < -0.39 is 0 Å². The first-order valence-electron chi connectivity index (χ1n) is 9.14. The topological polar surface area (TPSA) is 89.9 Å². The van der Waals surface area contributed by atoms with E-state index >= 15 is 0 Å². The van der Waals surface area contributed by atoms with Gasteiger partial charge in [-0.3, -0.25) is 9.48 Å². The van der Waals surface area contributed by atoms with Crippen LogP contribution in [0.4, 0.5) is 0 Å². The molecule has 3 aromatic rings. The van der Waals surface area contributed by atoms with Crippen LogP contribution in [-0.2, 0) is 4.79 Å². The first-order valence-corrected chi connectivity index (χ1v) is 9.92. The van der Waals surface area contributed by atoms with Crippen LogP contribution in [0.2, 0.25) is 0 Å². The number of carbonyl (C=O) groups is 1. The average molecular weight is 386 g/mol. The van der Waals surface area contributed by atoms with Crippen molar-refractivity contribution in [2.24, 2.45) is 0 Å². The molecule has 8 nitrogen and oxygen atoms in total. The van der Waals surface area contributed by atoms with Gasteiger partial charge in [-0.15, -0.1) is 5.10 Å². The molecule has 1 aliphatic heterocycles. The van der Waals surface area contributed by atoms with Crippen LogP contribution in [0.3, 0.4) is 0 Å². The summed E-state index contributed by atoms with van der Waals surface area (Å²) in [6, 6.07) is 3.82. The van der Waals surface area contributed by atoms with E-state index in [-0.39, 0.29) is 17.9 Å². The average Bonchev–Trinajstić information content (AvgIpc) is 3.42. The molecule has 2 atom stereocenters. The van der Waals surface area contributed by atoms with E-state index in [4.69, 9.17) is 4.52 Å². The second-order valence-corrected chi connectivity index (χ2v) is 7.79. The summed E-state index contributed by atoms with van der Waals surface area (Å²) in [5.74, 6) is 1.03. The summed E-state index contributed by atoms with van der Waals surface area (Å²) in [7, 11) is 0. The Bertz CT molecular complexity index is 903. The number of amides is 1. The molecule has 0 bridgehead atoms. The number of nitrogens with zero attached hydrogens (tertiary/aromatic N) is 6. The highest BCUT2D eigenvalue weighted by molar-refractivity contribution is 7.09. The summed E-state index contributed by atoms with van der Waals surface area (Å²) < 4.78 is 11.3. The first kappa shape index (κ1) is 17.8. The summed E-state index contributed by atoms with van der Waals surface area (Å²) in [6.45, 7) is 5.36. The number of piperidine rings is 1. The number of hydrogen-bond donors (Lipinski definition) is 0. The van der Waals surface area contributed by atoms with E-state index in [1.807, 2.05) is 41.8 Å². The first-order chi connectivity index (χ1) is 13.1. The molecule has 0 aliphatic carbocycles. The predicted octanol–water partition coefficient (Wildman–Crippen LogP) is 3.06. The third kappa shape index (κ3) is 3.78. The molecule has 0 spiro atoms. The van der Waals surface area contributed by atoms with Gasteiger partial charge in [0.15, 0.2) is 5.76 Å². The summed E-state index contributed by atoms with van der Waals surface area (Å²) in [4.78, 5) is 15.7. The highest BCUT2D eigenvalue weighted by Crippen LogP contribution is 2.35. The molecule has 9 heteroatoms. The minimum atomic E-state index is 0.0431. The molecule has 0 unspecified atom stereocenters. The molecule has 27 heavy (non-hydrogen) atoms. The van der Waals surface area contributed by atoms with Crippen LogP contribution in [-0.4, -0.2) is 48.4 Å². The van der Waals surface area contributed by atoms with Gasteiger partial charge in [0.1, 0.15) is 4.88 Å². The van der Waals surface area contributed by atoms with Gasteiger partial charge in [0.2, 0.25) is 5.91 Å².